The molecule has 6 nitrogen and oxygen atoms in total. The standard InChI is InChI=1S/C16H22N2O4S/c1-23(21,22)12-9-15(19)17-14-8-4-3-7-13(14)16(20)18-10-5-2-6-11-18/h3-4,7-8H,2,5-6,9-12H2,1H3,(H,17,19). The number of rotatable bonds is 5. The van der Waals surface area contributed by atoms with Crippen molar-refractivity contribution in [2.45, 2.75) is 25.7 Å². The van der Waals surface area contributed by atoms with Gasteiger partial charge in [0.05, 0.1) is 17.0 Å². The van der Waals surface area contributed by atoms with Crippen molar-refractivity contribution in [1.29, 1.82) is 0 Å². The molecule has 2 rings (SSSR count). The van der Waals surface area contributed by atoms with Crippen molar-refractivity contribution in [2.24, 2.45) is 0 Å². The molecule has 1 aromatic rings. The van der Waals surface area contributed by atoms with Gasteiger partial charge in [-0.1, -0.05) is 12.1 Å². The summed E-state index contributed by atoms with van der Waals surface area (Å²) in [5.41, 5.74) is 0.878. The predicted molar refractivity (Wildman–Crippen MR) is 89.2 cm³/mol. The number of para-hydroxylation sites is 1. The molecule has 0 radical (unpaired) electrons. The second kappa shape index (κ2) is 7.59. The molecule has 2 amide bonds. The van der Waals surface area contributed by atoms with E-state index in [1.54, 1.807) is 29.2 Å². The molecule has 1 heterocycles. The van der Waals surface area contributed by atoms with Crippen LogP contribution in [0.15, 0.2) is 24.3 Å². The number of hydrogen-bond donors (Lipinski definition) is 1. The third kappa shape index (κ3) is 5.35. The fraction of sp³-hybridized carbons (Fsp3) is 0.500. The van der Waals surface area contributed by atoms with Gasteiger partial charge in [-0.05, 0) is 31.4 Å². The number of nitrogens with one attached hydrogen (secondary N) is 1. The molecule has 0 saturated carbocycles. The molecule has 1 aliphatic heterocycles. The highest BCUT2D eigenvalue weighted by molar-refractivity contribution is 7.90. The molecule has 1 N–H and O–H groups in total. The van der Waals surface area contributed by atoms with Gasteiger partial charge < -0.3 is 10.2 Å². The Morgan fingerprint density at radius 3 is 2.43 bits per heavy atom. The Morgan fingerprint density at radius 1 is 1.13 bits per heavy atom. The zero-order valence-corrected chi connectivity index (χ0v) is 14.1. The largest absolute Gasteiger partial charge is 0.339 e. The van der Waals surface area contributed by atoms with Crippen molar-refractivity contribution >= 4 is 27.3 Å². The Kier molecular flexibility index (Phi) is 5.76. The molecule has 0 atom stereocenters. The maximum absolute atomic E-state index is 12.6. The molecule has 23 heavy (non-hydrogen) atoms. The van der Waals surface area contributed by atoms with Gasteiger partial charge in [0, 0.05) is 25.8 Å². The van der Waals surface area contributed by atoms with Crippen molar-refractivity contribution in [3.8, 4) is 0 Å². The third-order valence-electron chi connectivity index (χ3n) is 3.77. The summed E-state index contributed by atoms with van der Waals surface area (Å²) in [6.07, 6.45) is 4.09. The smallest absolute Gasteiger partial charge is 0.255 e. The van der Waals surface area contributed by atoms with Gasteiger partial charge in [-0.3, -0.25) is 9.59 Å². The Balaban J connectivity index is 2.07. The number of benzene rings is 1. The van der Waals surface area contributed by atoms with Gasteiger partial charge in [0.15, 0.2) is 0 Å². The van der Waals surface area contributed by atoms with Crippen molar-refractivity contribution in [3.63, 3.8) is 0 Å². The number of amides is 2. The lowest BCUT2D eigenvalue weighted by atomic mass is 10.1. The SMILES string of the molecule is CS(=O)(=O)CCC(=O)Nc1ccccc1C(=O)N1CCCCC1. The first-order chi connectivity index (χ1) is 10.9. The van der Waals surface area contributed by atoms with E-state index in [1.165, 1.54) is 0 Å². The minimum Gasteiger partial charge on any atom is -0.339 e. The van der Waals surface area contributed by atoms with Crippen LogP contribution in [0.2, 0.25) is 0 Å². The lowest BCUT2D eigenvalue weighted by Gasteiger charge is -2.27. The van der Waals surface area contributed by atoms with Crippen molar-refractivity contribution in [2.75, 3.05) is 30.4 Å². The van der Waals surface area contributed by atoms with E-state index in [2.05, 4.69) is 5.32 Å². The number of hydrogen-bond acceptors (Lipinski definition) is 4. The molecule has 1 aliphatic rings. The highest BCUT2D eigenvalue weighted by atomic mass is 32.2. The first-order valence-corrected chi connectivity index (χ1v) is 9.79. The van der Waals surface area contributed by atoms with E-state index < -0.39 is 15.7 Å². The van der Waals surface area contributed by atoms with Crippen LogP contribution in [-0.2, 0) is 14.6 Å². The summed E-state index contributed by atoms with van der Waals surface area (Å²) in [4.78, 5) is 26.3. The first-order valence-electron chi connectivity index (χ1n) is 7.73. The van der Waals surface area contributed by atoms with Crippen molar-refractivity contribution in [3.05, 3.63) is 29.8 Å². The molecule has 1 aromatic carbocycles. The summed E-state index contributed by atoms with van der Waals surface area (Å²) in [5.74, 6) is -0.709. The monoisotopic (exact) mass is 338 g/mol. The zero-order valence-electron chi connectivity index (χ0n) is 13.2. The third-order valence-corrected chi connectivity index (χ3v) is 4.72. The fourth-order valence-corrected chi connectivity index (χ4v) is 3.09. The number of nitrogens with zero attached hydrogens (tertiary/aromatic N) is 1. The van der Waals surface area contributed by atoms with Gasteiger partial charge in [-0.25, -0.2) is 8.42 Å². The van der Waals surface area contributed by atoms with E-state index in [1.807, 2.05) is 0 Å². The molecule has 0 aliphatic carbocycles. The molecule has 0 unspecified atom stereocenters. The van der Waals surface area contributed by atoms with E-state index in [9.17, 15) is 18.0 Å². The lowest BCUT2D eigenvalue weighted by molar-refractivity contribution is -0.115. The molecular formula is C16H22N2O4S. The van der Waals surface area contributed by atoms with Crippen LogP contribution in [0.4, 0.5) is 5.69 Å². The second-order valence-electron chi connectivity index (χ2n) is 5.83. The molecule has 0 spiro atoms. The molecule has 0 bridgehead atoms. The minimum absolute atomic E-state index is 0.0938. The number of anilines is 1. The first kappa shape index (κ1) is 17.5. The number of carbonyl (C=O) groups excluding carboxylic acids is 2. The molecule has 7 heteroatoms. The zero-order chi connectivity index (χ0) is 16.9. The fourth-order valence-electron chi connectivity index (χ4n) is 2.54. The molecule has 1 fully saturated rings. The Labute approximate surface area is 136 Å². The van der Waals surface area contributed by atoms with Gasteiger partial charge in [-0.2, -0.15) is 0 Å². The number of likely N-dealkylation sites (tertiary alicyclic amines) is 1. The Bertz CT molecular complexity index is 679. The normalized spacial score (nSPS) is 15.3. The van der Waals surface area contributed by atoms with Crippen LogP contribution in [0.1, 0.15) is 36.0 Å². The van der Waals surface area contributed by atoms with Crippen LogP contribution in [0.5, 0.6) is 0 Å². The van der Waals surface area contributed by atoms with Crippen LogP contribution >= 0.6 is 0 Å². The van der Waals surface area contributed by atoms with E-state index in [4.69, 9.17) is 0 Å². The average molecular weight is 338 g/mol. The van der Waals surface area contributed by atoms with Crippen molar-refractivity contribution < 1.29 is 18.0 Å². The number of piperidine rings is 1. The Hall–Kier alpha value is -1.89. The number of carbonyl (C=O) groups is 2. The summed E-state index contributed by atoms with van der Waals surface area (Å²) < 4.78 is 22.3. The lowest BCUT2D eigenvalue weighted by Crippen LogP contribution is -2.36. The van der Waals surface area contributed by atoms with E-state index in [-0.39, 0.29) is 18.1 Å². The van der Waals surface area contributed by atoms with Gasteiger partial charge in [0.2, 0.25) is 5.91 Å². The molecule has 1 saturated heterocycles. The van der Waals surface area contributed by atoms with Crippen molar-refractivity contribution in [1.82, 2.24) is 4.90 Å². The summed E-state index contributed by atoms with van der Waals surface area (Å²) >= 11 is 0. The van der Waals surface area contributed by atoms with Crippen LogP contribution in [0.25, 0.3) is 0 Å². The number of sulfone groups is 1. The highest BCUT2D eigenvalue weighted by Crippen LogP contribution is 2.20. The quantitative estimate of drug-likeness (QED) is 0.885. The van der Waals surface area contributed by atoms with E-state index >= 15 is 0 Å². The average Bonchev–Trinajstić information content (AvgIpc) is 2.53. The van der Waals surface area contributed by atoms with Gasteiger partial charge in [0.1, 0.15) is 9.84 Å². The van der Waals surface area contributed by atoms with Crippen LogP contribution in [0, 0.1) is 0 Å². The van der Waals surface area contributed by atoms with Gasteiger partial charge in [0.25, 0.3) is 5.91 Å². The topological polar surface area (TPSA) is 83.5 Å². The minimum atomic E-state index is -3.19. The maximum atomic E-state index is 12.6. The summed E-state index contributed by atoms with van der Waals surface area (Å²) in [6, 6.07) is 6.83. The summed E-state index contributed by atoms with van der Waals surface area (Å²) in [5, 5.41) is 2.65. The van der Waals surface area contributed by atoms with E-state index in [0.29, 0.717) is 11.3 Å². The van der Waals surface area contributed by atoms with Crippen LogP contribution < -0.4 is 5.32 Å². The molecule has 126 valence electrons. The molecule has 0 aromatic heterocycles. The second-order valence-corrected chi connectivity index (χ2v) is 8.09. The Morgan fingerprint density at radius 2 is 1.78 bits per heavy atom. The van der Waals surface area contributed by atoms with Crippen LogP contribution in [0.3, 0.4) is 0 Å². The van der Waals surface area contributed by atoms with E-state index in [0.717, 1.165) is 38.6 Å². The maximum Gasteiger partial charge on any atom is 0.255 e. The molecular weight excluding hydrogens is 316 g/mol. The predicted octanol–water partition coefficient (Wildman–Crippen LogP) is 1.69. The van der Waals surface area contributed by atoms with Gasteiger partial charge in [-0.15, -0.1) is 0 Å². The highest BCUT2D eigenvalue weighted by Gasteiger charge is 2.21. The van der Waals surface area contributed by atoms with Gasteiger partial charge >= 0.3 is 0 Å². The van der Waals surface area contributed by atoms with Crippen LogP contribution in [-0.4, -0.2) is 50.2 Å². The summed E-state index contributed by atoms with van der Waals surface area (Å²) in [7, 11) is -3.19. The summed E-state index contributed by atoms with van der Waals surface area (Å²) in [6.45, 7) is 1.46.